The van der Waals surface area contributed by atoms with Crippen LogP contribution >= 0.6 is 0 Å². The first-order valence-corrected chi connectivity index (χ1v) is 8.42. The van der Waals surface area contributed by atoms with Crippen LogP contribution in [0.25, 0.3) is 5.69 Å². The van der Waals surface area contributed by atoms with Crippen LogP contribution in [-0.4, -0.2) is 71.9 Å². The number of nitrogens with zero attached hydrogens (tertiary/aromatic N) is 4. The van der Waals surface area contributed by atoms with E-state index < -0.39 is 0 Å². The van der Waals surface area contributed by atoms with Gasteiger partial charge in [-0.1, -0.05) is 0 Å². The third-order valence-electron chi connectivity index (χ3n) is 4.51. The molecule has 2 heterocycles. The smallest absolute Gasteiger partial charge is 0.257 e. The van der Waals surface area contributed by atoms with Crippen molar-refractivity contribution >= 4 is 5.91 Å². The molecule has 0 bridgehead atoms. The first-order chi connectivity index (χ1) is 12.1. The first-order valence-electron chi connectivity index (χ1n) is 8.42. The number of morpholine rings is 1. The fraction of sp³-hybridized carbons (Fsp3) is 0.444. The van der Waals surface area contributed by atoms with Crippen molar-refractivity contribution < 1.29 is 13.9 Å². The van der Waals surface area contributed by atoms with Gasteiger partial charge in [0.15, 0.2) is 0 Å². The highest BCUT2D eigenvalue weighted by atomic mass is 19.1. The van der Waals surface area contributed by atoms with Crippen molar-refractivity contribution in [2.45, 2.75) is 6.92 Å². The fourth-order valence-electron chi connectivity index (χ4n) is 2.89. The Morgan fingerprint density at radius 1 is 1.28 bits per heavy atom. The van der Waals surface area contributed by atoms with Crippen molar-refractivity contribution in [1.29, 1.82) is 0 Å². The number of halogens is 1. The number of ether oxygens (including phenoxy) is 1. The number of amides is 1. The van der Waals surface area contributed by atoms with Gasteiger partial charge < -0.3 is 9.64 Å². The Kier molecular flexibility index (Phi) is 5.45. The summed E-state index contributed by atoms with van der Waals surface area (Å²) in [6, 6.07) is 6.05. The van der Waals surface area contributed by atoms with E-state index in [9.17, 15) is 9.18 Å². The monoisotopic (exact) mass is 346 g/mol. The molecule has 0 saturated carbocycles. The van der Waals surface area contributed by atoms with E-state index in [0.717, 1.165) is 44.2 Å². The maximum absolute atomic E-state index is 13.1. The minimum atomic E-state index is -0.298. The summed E-state index contributed by atoms with van der Waals surface area (Å²) in [5.74, 6) is -0.355. The van der Waals surface area contributed by atoms with Gasteiger partial charge in [0.25, 0.3) is 5.91 Å². The molecular weight excluding hydrogens is 323 g/mol. The van der Waals surface area contributed by atoms with Gasteiger partial charge in [0.2, 0.25) is 0 Å². The average Bonchev–Trinajstić information content (AvgIpc) is 3.02. The van der Waals surface area contributed by atoms with Gasteiger partial charge in [-0.3, -0.25) is 9.69 Å². The van der Waals surface area contributed by atoms with Crippen molar-refractivity contribution in [2.75, 3.05) is 46.4 Å². The predicted molar refractivity (Wildman–Crippen MR) is 92.5 cm³/mol. The zero-order chi connectivity index (χ0) is 17.8. The standard InChI is InChI=1S/C18H23FN4O2/c1-14-17(13-20-23(14)16-5-3-15(19)4-6-16)18(24)21(2)7-8-22-9-11-25-12-10-22/h3-6,13H,7-12H2,1-2H3. The molecule has 1 aliphatic heterocycles. The van der Waals surface area contributed by atoms with Gasteiger partial charge in [0.05, 0.1) is 36.4 Å². The zero-order valence-electron chi connectivity index (χ0n) is 14.6. The highest BCUT2D eigenvalue weighted by Gasteiger charge is 2.19. The lowest BCUT2D eigenvalue weighted by Crippen LogP contribution is -2.42. The van der Waals surface area contributed by atoms with Crippen LogP contribution in [0.2, 0.25) is 0 Å². The first kappa shape index (κ1) is 17.6. The second kappa shape index (κ2) is 7.76. The van der Waals surface area contributed by atoms with Gasteiger partial charge in [-0.05, 0) is 31.2 Å². The molecule has 1 aliphatic rings. The Labute approximate surface area is 146 Å². The van der Waals surface area contributed by atoms with Gasteiger partial charge >= 0.3 is 0 Å². The van der Waals surface area contributed by atoms with E-state index in [1.54, 1.807) is 35.0 Å². The van der Waals surface area contributed by atoms with Crippen LogP contribution in [0.1, 0.15) is 16.1 Å². The van der Waals surface area contributed by atoms with Crippen LogP contribution in [0, 0.1) is 12.7 Å². The van der Waals surface area contributed by atoms with Gasteiger partial charge in [0.1, 0.15) is 5.82 Å². The van der Waals surface area contributed by atoms with Gasteiger partial charge in [-0.2, -0.15) is 5.10 Å². The van der Waals surface area contributed by atoms with Gasteiger partial charge in [-0.15, -0.1) is 0 Å². The zero-order valence-corrected chi connectivity index (χ0v) is 14.6. The second-order valence-electron chi connectivity index (χ2n) is 6.21. The number of hydrogen-bond donors (Lipinski definition) is 0. The molecule has 2 aromatic rings. The second-order valence-corrected chi connectivity index (χ2v) is 6.21. The third kappa shape index (κ3) is 4.05. The molecule has 1 amide bonds. The molecule has 1 saturated heterocycles. The molecule has 1 aromatic heterocycles. The molecule has 1 fully saturated rings. The summed E-state index contributed by atoms with van der Waals surface area (Å²) in [5, 5.41) is 4.29. The number of carbonyl (C=O) groups is 1. The molecule has 0 N–H and O–H groups in total. The van der Waals surface area contributed by atoms with Crippen molar-refractivity contribution in [3.8, 4) is 5.69 Å². The molecule has 0 unspecified atom stereocenters. The fourth-order valence-corrected chi connectivity index (χ4v) is 2.89. The Morgan fingerprint density at radius 3 is 2.64 bits per heavy atom. The van der Waals surface area contributed by atoms with Crippen LogP contribution in [0.4, 0.5) is 4.39 Å². The molecule has 7 heteroatoms. The molecule has 134 valence electrons. The maximum Gasteiger partial charge on any atom is 0.257 e. The summed E-state index contributed by atoms with van der Waals surface area (Å²) in [6.07, 6.45) is 1.58. The van der Waals surface area contributed by atoms with Crippen molar-refractivity contribution in [2.24, 2.45) is 0 Å². The largest absolute Gasteiger partial charge is 0.379 e. The van der Waals surface area contributed by atoms with Crippen LogP contribution in [0.15, 0.2) is 30.5 Å². The van der Waals surface area contributed by atoms with Gasteiger partial charge in [-0.25, -0.2) is 9.07 Å². The number of aromatic nitrogens is 2. The highest BCUT2D eigenvalue weighted by Crippen LogP contribution is 2.16. The topological polar surface area (TPSA) is 50.6 Å². The van der Waals surface area contributed by atoms with Crippen molar-refractivity contribution in [1.82, 2.24) is 19.6 Å². The summed E-state index contributed by atoms with van der Waals surface area (Å²) in [6.45, 7) is 6.64. The van der Waals surface area contributed by atoms with E-state index in [-0.39, 0.29) is 11.7 Å². The predicted octanol–water partition coefficient (Wildman–Crippen LogP) is 1.72. The van der Waals surface area contributed by atoms with Gasteiger partial charge in [0, 0.05) is 33.2 Å². The Bertz CT molecular complexity index is 723. The summed E-state index contributed by atoms with van der Waals surface area (Å²) in [5.41, 5.74) is 2.04. The number of hydrogen-bond acceptors (Lipinski definition) is 4. The molecule has 0 atom stereocenters. The molecule has 6 nitrogen and oxygen atoms in total. The van der Waals surface area contributed by atoms with E-state index in [0.29, 0.717) is 12.1 Å². The lowest BCUT2D eigenvalue weighted by Gasteiger charge is -2.28. The number of carbonyl (C=O) groups excluding carboxylic acids is 1. The van der Waals surface area contributed by atoms with Crippen molar-refractivity contribution in [3.05, 3.63) is 47.5 Å². The third-order valence-corrected chi connectivity index (χ3v) is 4.51. The van der Waals surface area contributed by atoms with E-state index in [1.807, 2.05) is 6.92 Å². The molecule has 25 heavy (non-hydrogen) atoms. The lowest BCUT2D eigenvalue weighted by molar-refractivity contribution is 0.0338. The molecule has 0 radical (unpaired) electrons. The van der Waals surface area contributed by atoms with Crippen LogP contribution in [-0.2, 0) is 4.74 Å². The van der Waals surface area contributed by atoms with E-state index in [2.05, 4.69) is 10.00 Å². The summed E-state index contributed by atoms with van der Waals surface area (Å²) in [4.78, 5) is 16.7. The molecule has 3 rings (SSSR count). The quantitative estimate of drug-likeness (QED) is 0.827. The van der Waals surface area contributed by atoms with E-state index >= 15 is 0 Å². The Hall–Kier alpha value is -2.25. The number of rotatable bonds is 5. The number of likely N-dealkylation sites (N-methyl/N-ethyl adjacent to an activating group) is 1. The van der Waals surface area contributed by atoms with E-state index in [1.165, 1.54) is 12.1 Å². The maximum atomic E-state index is 13.1. The molecule has 0 spiro atoms. The minimum Gasteiger partial charge on any atom is -0.379 e. The van der Waals surface area contributed by atoms with Crippen LogP contribution in [0.3, 0.4) is 0 Å². The average molecular weight is 346 g/mol. The summed E-state index contributed by atoms with van der Waals surface area (Å²) in [7, 11) is 1.80. The molecule has 1 aromatic carbocycles. The van der Waals surface area contributed by atoms with Crippen LogP contribution < -0.4 is 0 Å². The molecule has 0 aliphatic carbocycles. The molecular formula is C18H23FN4O2. The normalized spacial score (nSPS) is 15.3. The number of benzene rings is 1. The summed E-state index contributed by atoms with van der Waals surface area (Å²) < 4.78 is 20.1. The lowest BCUT2D eigenvalue weighted by atomic mass is 10.2. The van der Waals surface area contributed by atoms with E-state index in [4.69, 9.17) is 4.74 Å². The van der Waals surface area contributed by atoms with Crippen molar-refractivity contribution in [3.63, 3.8) is 0 Å². The highest BCUT2D eigenvalue weighted by molar-refractivity contribution is 5.95. The summed E-state index contributed by atoms with van der Waals surface area (Å²) >= 11 is 0. The Balaban J connectivity index is 1.66. The Morgan fingerprint density at radius 2 is 1.96 bits per heavy atom. The van der Waals surface area contributed by atoms with Crippen LogP contribution in [0.5, 0.6) is 0 Å². The SMILES string of the molecule is Cc1c(C(=O)N(C)CCN2CCOCC2)cnn1-c1ccc(F)cc1. The minimum absolute atomic E-state index is 0.0564.